The molecule has 0 atom stereocenters. The van der Waals surface area contributed by atoms with Crippen LogP contribution in [0.15, 0.2) is 48.5 Å². The summed E-state index contributed by atoms with van der Waals surface area (Å²) in [5.41, 5.74) is 0.889. The van der Waals surface area contributed by atoms with Crippen molar-refractivity contribution in [1.82, 2.24) is 0 Å². The van der Waals surface area contributed by atoms with Crippen molar-refractivity contribution in [2.75, 3.05) is 5.32 Å². The highest BCUT2D eigenvalue weighted by Crippen LogP contribution is 2.39. The van der Waals surface area contributed by atoms with Crippen molar-refractivity contribution in [1.29, 1.82) is 0 Å². The number of primary amides is 1. The third kappa shape index (κ3) is 6.58. The Morgan fingerprint density at radius 3 is 2.11 bits per heavy atom. The van der Waals surface area contributed by atoms with E-state index < -0.39 is 74.9 Å². The van der Waals surface area contributed by atoms with Gasteiger partial charge in [0.25, 0.3) is 11.8 Å². The van der Waals surface area contributed by atoms with Gasteiger partial charge in [-0.25, -0.2) is 8.78 Å². The van der Waals surface area contributed by atoms with Crippen LogP contribution in [-0.4, -0.2) is 18.2 Å². The van der Waals surface area contributed by atoms with Crippen molar-refractivity contribution >= 4 is 29.1 Å². The molecule has 0 saturated carbocycles. The monoisotopic (exact) mass is 554 g/mol. The van der Waals surface area contributed by atoms with Gasteiger partial charge < -0.3 is 20.5 Å². The second kappa shape index (κ2) is 10.1. The minimum atomic E-state index is -5.23. The third-order valence-corrected chi connectivity index (χ3v) is 4.78. The summed E-state index contributed by atoms with van der Waals surface area (Å²) in [6, 6.07) is 5.63. The van der Waals surface area contributed by atoms with Crippen LogP contribution < -0.4 is 20.5 Å². The van der Waals surface area contributed by atoms with Gasteiger partial charge in [-0.1, -0.05) is 11.6 Å². The Hall–Kier alpha value is -4.07. The topological polar surface area (TPSA) is 90.7 Å². The molecule has 0 spiro atoms. The van der Waals surface area contributed by atoms with E-state index in [9.17, 15) is 44.7 Å². The van der Waals surface area contributed by atoms with E-state index in [0.717, 1.165) is 36.4 Å². The molecule has 196 valence electrons. The van der Waals surface area contributed by atoms with Crippen LogP contribution in [0.4, 0.5) is 40.8 Å². The normalized spacial score (nSPS) is 11.7. The predicted octanol–water partition coefficient (Wildman–Crippen LogP) is 6.68. The van der Waals surface area contributed by atoms with Gasteiger partial charge in [-0.15, -0.1) is 13.2 Å². The maximum atomic E-state index is 14.9. The molecule has 3 aromatic carbocycles. The number of hydrogen-bond donors (Lipinski definition) is 2. The number of benzene rings is 3. The highest BCUT2D eigenvalue weighted by molar-refractivity contribution is 6.32. The summed E-state index contributed by atoms with van der Waals surface area (Å²) in [6.07, 6.45) is -10.3. The van der Waals surface area contributed by atoms with E-state index in [2.05, 4.69) is 4.74 Å². The highest BCUT2D eigenvalue weighted by atomic mass is 35.5. The summed E-state index contributed by atoms with van der Waals surface area (Å²) in [7, 11) is 0. The number of hydrogen-bond acceptors (Lipinski definition) is 4. The fourth-order valence-electron chi connectivity index (χ4n) is 2.94. The van der Waals surface area contributed by atoms with Crippen LogP contribution in [-0.2, 0) is 6.18 Å². The van der Waals surface area contributed by atoms with Crippen molar-refractivity contribution in [3.05, 3.63) is 81.9 Å². The van der Waals surface area contributed by atoms with Gasteiger partial charge in [-0.3, -0.25) is 9.59 Å². The zero-order valence-corrected chi connectivity index (χ0v) is 18.5. The molecule has 0 aromatic heterocycles. The summed E-state index contributed by atoms with van der Waals surface area (Å²) < 4.78 is 115. The lowest BCUT2D eigenvalue weighted by molar-refractivity contribution is -0.274. The second-order valence-corrected chi connectivity index (χ2v) is 7.46. The first kappa shape index (κ1) is 27.5. The number of carbonyl (C=O) groups is 2. The molecule has 6 nitrogen and oxygen atoms in total. The molecule has 0 aliphatic carbocycles. The minimum Gasteiger partial charge on any atom is -0.456 e. The first-order valence-electron chi connectivity index (χ1n) is 9.60. The molecule has 0 radical (unpaired) electrons. The van der Waals surface area contributed by atoms with Gasteiger partial charge in [0, 0.05) is 11.8 Å². The largest absolute Gasteiger partial charge is 0.573 e. The Morgan fingerprint density at radius 2 is 1.54 bits per heavy atom. The zero-order valence-electron chi connectivity index (χ0n) is 17.7. The predicted molar refractivity (Wildman–Crippen MR) is 112 cm³/mol. The number of alkyl halides is 6. The zero-order chi connectivity index (χ0) is 27.7. The van der Waals surface area contributed by atoms with Gasteiger partial charge in [0.1, 0.15) is 28.6 Å². The molecular formula is C22H11ClF8N2O4. The van der Waals surface area contributed by atoms with E-state index in [1.54, 1.807) is 0 Å². The van der Waals surface area contributed by atoms with E-state index >= 15 is 0 Å². The Bertz CT molecular complexity index is 1380. The van der Waals surface area contributed by atoms with E-state index in [-0.39, 0.29) is 11.8 Å². The molecule has 3 aromatic rings. The molecule has 2 amide bonds. The SMILES string of the molecule is NC(=O)c1cc(NC(=O)c2c(Oc3ccc(OC(F)(F)F)c(Cl)c3)ccc(C(F)(F)F)c2F)ccc1F. The molecule has 0 unspecified atom stereocenters. The number of amides is 2. The Labute approximate surface area is 206 Å². The third-order valence-electron chi connectivity index (χ3n) is 4.48. The van der Waals surface area contributed by atoms with Crippen LogP contribution >= 0.6 is 11.6 Å². The molecule has 0 heterocycles. The number of ether oxygens (including phenoxy) is 2. The van der Waals surface area contributed by atoms with Crippen molar-refractivity contribution < 1.29 is 54.2 Å². The van der Waals surface area contributed by atoms with Crippen LogP contribution in [0.3, 0.4) is 0 Å². The number of rotatable bonds is 6. The number of anilines is 1. The molecule has 3 rings (SSSR count). The lowest BCUT2D eigenvalue weighted by Crippen LogP contribution is -2.19. The van der Waals surface area contributed by atoms with Crippen molar-refractivity contribution in [3.8, 4) is 17.2 Å². The first-order chi connectivity index (χ1) is 17.1. The van der Waals surface area contributed by atoms with E-state index in [4.69, 9.17) is 22.1 Å². The molecule has 0 aliphatic rings. The Balaban J connectivity index is 2.03. The van der Waals surface area contributed by atoms with E-state index in [1.165, 1.54) is 0 Å². The van der Waals surface area contributed by atoms with Crippen LogP contribution in [0.1, 0.15) is 26.3 Å². The fourth-order valence-corrected chi connectivity index (χ4v) is 3.15. The molecule has 0 saturated heterocycles. The lowest BCUT2D eigenvalue weighted by Gasteiger charge is -2.17. The average Bonchev–Trinajstić information content (AvgIpc) is 2.75. The van der Waals surface area contributed by atoms with Gasteiger partial charge >= 0.3 is 12.5 Å². The maximum absolute atomic E-state index is 14.9. The van der Waals surface area contributed by atoms with E-state index in [0.29, 0.717) is 6.07 Å². The summed E-state index contributed by atoms with van der Waals surface area (Å²) >= 11 is 5.71. The van der Waals surface area contributed by atoms with E-state index in [1.807, 2.05) is 5.32 Å². The van der Waals surface area contributed by atoms with Gasteiger partial charge in [0.15, 0.2) is 5.82 Å². The first-order valence-corrected chi connectivity index (χ1v) is 9.98. The molecular weight excluding hydrogens is 544 g/mol. The molecule has 3 N–H and O–H groups in total. The lowest BCUT2D eigenvalue weighted by atomic mass is 10.1. The fraction of sp³-hybridized carbons (Fsp3) is 0.0909. The molecule has 15 heteroatoms. The Kier molecular flexibility index (Phi) is 7.53. The van der Waals surface area contributed by atoms with Crippen LogP contribution in [0, 0.1) is 11.6 Å². The molecule has 0 bridgehead atoms. The van der Waals surface area contributed by atoms with Gasteiger partial charge in [-0.2, -0.15) is 13.2 Å². The van der Waals surface area contributed by atoms with Crippen molar-refractivity contribution in [2.24, 2.45) is 5.73 Å². The highest BCUT2D eigenvalue weighted by Gasteiger charge is 2.37. The summed E-state index contributed by atoms with van der Waals surface area (Å²) in [5.74, 6) is -7.87. The number of nitrogens with two attached hydrogens (primary N) is 1. The number of nitrogens with one attached hydrogen (secondary N) is 1. The standard InChI is InChI=1S/C22H11ClF8N2O4/c23-13-8-10(2-5-15(13)37-22(29,30)31)36-16-6-3-12(21(26,27)28)18(25)17(16)20(35)33-9-1-4-14(24)11(7-9)19(32)34/h1-8H,(H2,32,34)(H,33,35). The molecule has 0 aliphatic heterocycles. The summed E-state index contributed by atoms with van der Waals surface area (Å²) in [6.45, 7) is 0. The van der Waals surface area contributed by atoms with Crippen LogP contribution in [0.25, 0.3) is 0 Å². The number of halogens is 9. The second-order valence-electron chi connectivity index (χ2n) is 7.05. The smallest absolute Gasteiger partial charge is 0.456 e. The quantitative estimate of drug-likeness (QED) is 0.333. The maximum Gasteiger partial charge on any atom is 0.573 e. The van der Waals surface area contributed by atoms with Crippen molar-refractivity contribution in [2.45, 2.75) is 12.5 Å². The minimum absolute atomic E-state index is 0.271. The summed E-state index contributed by atoms with van der Waals surface area (Å²) in [4.78, 5) is 24.1. The molecule has 37 heavy (non-hydrogen) atoms. The Morgan fingerprint density at radius 1 is 0.892 bits per heavy atom. The average molecular weight is 555 g/mol. The number of carbonyl (C=O) groups excluding carboxylic acids is 2. The van der Waals surface area contributed by atoms with Gasteiger partial charge in [0.2, 0.25) is 0 Å². The van der Waals surface area contributed by atoms with Gasteiger partial charge in [0.05, 0.1) is 16.1 Å². The van der Waals surface area contributed by atoms with Crippen LogP contribution in [0.5, 0.6) is 17.2 Å². The van der Waals surface area contributed by atoms with Crippen molar-refractivity contribution in [3.63, 3.8) is 0 Å². The molecule has 0 fully saturated rings. The summed E-state index contributed by atoms with van der Waals surface area (Å²) in [5, 5.41) is 1.37. The van der Waals surface area contributed by atoms with Crippen LogP contribution in [0.2, 0.25) is 5.02 Å². The van der Waals surface area contributed by atoms with Gasteiger partial charge in [-0.05, 0) is 42.5 Å².